The van der Waals surface area contributed by atoms with E-state index in [0.29, 0.717) is 12.2 Å². The third-order valence-electron chi connectivity index (χ3n) is 5.31. The van der Waals surface area contributed by atoms with Crippen molar-refractivity contribution < 1.29 is 18.4 Å². The first kappa shape index (κ1) is 19.8. The van der Waals surface area contributed by atoms with Gasteiger partial charge in [0, 0.05) is 17.8 Å². The van der Waals surface area contributed by atoms with Gasteiger partial charge in [-0.2, -0.15) is 0 Å². The van der Waals surface area contributed by atoms with E-state index in [1.165, 1.54) is 36.4 Å². The van der Waals surface area contributed by atoms with Gasteiger partial charge in [-0.3, -0.25) is 9.59 Å². The van der Waals surface area contributed by atoms with Crippen LogP contribution in [0.1, 0.15) is 34.3 Å². The van der Waals surface area contributed by atoms with E-state index in [-0.39, 0.29) is 17.3 Å². The number of amides is 2. The summed E-state index contributed by atoms with van der Waals surface area (Å²) in [5, 5.41) is 5.67. The molecule has 1 aliphatic carbocycles. The summed E-state index contributed by atoms with van der Waals surface area (Å²) in [6.07, 6.45) is 1.46. The molecule has 2 amide bonds. The number of nitrogens with one attached hydrogen (secondary N) is 2. The molecule has 1 aliphatic rings. The van der Waals surface area contributed by atoms with Crippen molar-refractivity contribution in [2.45, 2.75) is 24.8 Å². The van der Waals surface area contributed by atoms with Crippen LogP contribution >= 0.6 is 0 Å². The molecule has 6 heteroatoms. The SMILES string of the molecule is O=C(Nc1cccc(CNC(=O)C2(c3ccc(F)cc3)CC2)c1)c1cccc(F)c1. The molecule has 0 bridgehead atoms. The Kier molecular flexibility index (Phi) is 5.31. The number of carbonyl (C=O) groups excluding carboxylic acids is 2. The van der Waals surface area contributed by atoms with Crippen LogP contribution in [0.3, 0.4) is 0 Å². The lowest BCUT2D eigenvalue weighted by Crippen LogP contribution is -2.34. The maximum Gasteiger partial charge on any atom is 0.255 e. The Labute approximate surface area is 172 Å². The van der Waals surface area contributed by atoms with Gasteiger partial charge in [0.05, 0.1) is 5.41 Å². The summed E-state index contributed by atoms with van der Waals surface area (Å²) in [6, 6.07) is 18.6. The third kappa shape index (κ3) is 4.22. The van der Waals surface area contributed by atoms with Crippen LogP contribution in [0.15, 0.2) is 72.8 Å². The second kappa shape index (κ2) is 8.06. The van der Waals surface area contributed by atoms with Gasteiger partial charge in [-0.15, -0.1) is 0 Å². The quantitative estimate of drug-likeness (QED) is 0.630. The molecule has 30 heavy (non-hydrogen) atoms. The van der Waals surface area contributed by atoms with E-state index >= 15 is 0 Å². The van der Waals surface area contributed by atoms with Crippen molar-refractivity contribution in [1.29, 1.82) is 0 Å². The van der Waals surface area contributed by atoms with Gasteiger partial charge in [0.1, 0.15) is 11.6 Å². The summed E-state index contributed by atoms with van der Waals surface area (Å²) >= 11 is 0. The van der Waals surface area contributed by atoms with E-state index in [0.717, 1.165) is 24.0 Å². The molecule has 4 nitrogen and oxygen atoms in total. The lowest BCUT2D eigenvalue weighted by atomic mass is 9.95. The zero-order chi connectivity index (χ0) is 21.1. The Morgan fingerprint density at radius 1 is 0.867 bits per heavy atom. The molecule has 152 valence electrons. The topological polar surface area (TPSA) is 58.2 Å². The van der Waals surface area contributed by atoms with Gasteiger partial charge in [-0.1, -0.05) is 30.3 Å². The van der Waals surface area contributed by atoms with Crippen molar-refractivity contribution in [2.75, 3.05) is 5.32 Å². The molecule has 0 radical (unpaired) electrons. The van der Waals surface area contributed by atoms with Crippen LogP contribution in [0.2, 0.25) is 0 Å². The Morgan fingerprint density at radius 2 is 1.60 bits per heavy atom. The van der Waals surface area contributed by atoms with Gasteiger partial charge in [-0.05, 0) is 66.4 Å². The molecular weight excluding hydrogens is 386 g/mol. The standard InChI is InChI=1S/C24H20F2N2O2/c25-19-9-7-18(8-10-19)24(11-12-24)23(30)27-15-16-3-1-6-21(13-16)28-22(29)17-4-2-5-20(26)14-17/h1-10,13-14H,11-12,15H2,(H,27,30)(H,28,29). The molecule has 0 heterocycles. The molecule has 0 unspecified atom stereocenters. The first-order chi connectivity index (χ1) is 14.5. The monoisotopic (exact) mass is 406 g/mol. The van der Waals surface area contributed by atoms with E-state index in [1.54, 1.807) is 30.3 Å². The Bertz CT molecular complexity index is 1090. The second-order valence-corrected chi connectivity index (χ2v) is 7.44. The van der Waals surface area contributed by atoms with Crippen LogP contribution in [-0.2, 0) is 16.8 Å². The molecular formula is C24H20F2N2O2. The van der Waals surface area contributed by atoms with Gasteiger partial charge < -0.3 is 10.6 Å². The highest BCUT2D eigenvalue weighted by molar-refractivity contribution is 6.04. The number of carbonyl (C=O) groups is 2. The van der Waals surface area contributed by atoms with Crippen LogP contribution in [0.25, 0.3) is 0 Å². The smallest absolute Gasteiger partial charge is 0.255 e. The summed E-state index contributed by atoms with van der Waals surface area (Å²) < 4.78 is 26.5. The Morgan fingerprint density at radius 3 is 2.30 bits per heavy atom. The van der Waals surface area contributed by atoms with E-state index in [9.17, 15) is 18.4 Å². The molecule has 0 spiro atoms. The number of benzene rings is 3. The summed E-state index contributed by atoms with van der Waals surface area (Å²) in [7, 11) is 0. The van der Waals surface area contributed by atoms with E-state index in [2.05, 4.69) is 10.6 Å². The lowest BCUT2D eigenvalue weighted by Gasteiger charge is -2.16. The first-order valence-electron chi connectivity index (χ1n) is 9.66. The molecule has 1 saturated carbocycles. The predicted molar refractivity (Wildman–Crippen MR) is 110 cm³/mol. The summed E-state index contributed by atoms with van der Waals surface area (Å²) in [5.74, 6) is -1.31. The minimum atomic E-state index is -0.586. The molecule has 0 atom stereocenters. The largest absolute Gasteiger partial charge is 0.351 e. The Hall–Kier alpha value is -3.54. The van der Waals surface area contributed by atoms with Gasteiger partial charge >= 0.3 is 0 Å². The second-order valence-electron chi connectivity index (χ2n) is 7.44. The number of rotatable bonds is 6. The van der Waals surface area contributed by atoms with Crippen molar-refractivity contribution in [3.8, 4) is 0 Å². The molecule has 3 aromatic carbocycles. The molecule has 2 N–H and O–H groups in total. The average Bonchev–Trinajstić information content (AvgIpc) is 3.55. The fourth-order valence-corrected chi connectivity index (χ4v) is 3.48. The highest BCUT2D eigenvalue weighted by Crippen LogP contribution is 2.48. The molecule has 0 aliphatic heterocycles. The first-order valence-corrected chi connectivity index (χ1v) is 9.66. The minimum absolute atomic E-state index is 0.0942. The number of hydrogen-bond donors (Lipinski definition) is 2. The third-order valence-corrected chi connectivity index (χ3v) is 5.31. The molecule has 4 rings (SSSR count). The fraction of sp³-hybridized carbons (Fsp3) is 0.167. The van der Waals surface area contributed by atoms with E-state index in [4.69, 9.17) is 0 Å². The number of halogens is 2. The maximum atomic E-state index is 13.3. The van der Waals surface area contributed by atoms with Crippen molar-refractivity contribution in [1.82, 2.24) is 5.32 Å². The minimum Gasteiger partial charge on any atom is -0.351 e. The van der Waals surface area contributed by atoms with Crippen molar-refractivity contribution in [3.05, 3.63) is 101 Å². The van der Waals surface area contributed by atoms with Gasteiger partial charge in [-0.25, -0.2) is 8.78 Å². The summed E-state index contributed by atoms with van der Waals surface area (Å²) in [6.45, 7) is 0.297. The van der Waals surface area contributed by atoms with Crippen LogP contribution in [0.5, 0.6) is 0 Å². The van der Waals surface area contributed by atoms with Gasteiger partial charge in [0.15, 0.2) is 0 Å². The van der Waals surface area contributed by atoms with Crippen LogP contribution in [0.4, 0.5) is 14.5 Å². The van der Waals surface area contributed by atoms with Crippen molar-refractivity contribution in [3.63, 3.8) is 0 Å². The van der Waals surface area contributed by atoms with Crippen LogP contribution in [0, 0.1) is 11.6 Å². The predicted octanol–water partition coefficient (Wildman–Crippen LogP) is 4.57. The Balaban J connectivity index is 1.39. The van der Waals surface area contributed by atoms with Gasteiger partial charge in [0.25, 0.3) is 5.91 Å². The van der Waals surface area contributed by atoms with Crippen LogP contribution in [-0.4, -0.2) is 11.8 Å². The lowest BCUT2D eigenvalue weighted by molar-refractivity contribution is -0.123. The molecule has 3 aromatic rings. The molecule has 0 saturated heterocycles. The fourth-order valence-electron chi connectivity index (χ4n) is 3.48. The molecule has 1 fully saturated rings. The zero-order valence-corrected chi connectivity index (χ0v) is 16.1. The van der Waals surface area contributed by atoms with Crippen molar-refractivity contribution >= 4 is 17.5 Å². The summed E-state index contributed by atoms with van der Waals surface area (Å²) in [4.78, 5) is 25.0. The number of hydrogen-bond acceptors (Lipinski definition) is 2. The van der Waals surface area contributed by atoms with E-state index < -0.39 is 17.1 Å². The summed E-state index contributed by atoms with van der Waals surface area (Å²) in [5.41, 5.74) is 1.82. The average molecular weight is 406 g/mol. The highest BCUT2D eigenvalue weighted by Gasteiger charge is 2.51. The van der Waals surface area contributed by atoms with E-state index in [1.807, 2.05) is 6.07 Å². The van der Waals surface area contributed by atoms with Crippen molar-refractivity contribution in [2.24, 2.45) is 0 Å². The molecule has 0 aromatic heterocycles. The maximum absolute atomic E-state index is 13.3. The zero-order valence-electron chi connectivity index (χ0n) is 16.1. The number of anilines is 1. The highest BCUT2D eigenvalue weighted by atomic mass is 19.1. The van der Waals surface area contributed by atoms with Gasteiger partial charge in [0.2, 0.25) is 5.91 Å². The van der Waals surface area contributed by atoms with Crippen LogP contribution < -0.4 is 10.6 Å². The normalized spacial score (nSPS) is 14.1.